The molecule has 0 aromatic heterocycles. The minimum Gasteiger partial charge on any atom is -0.381 e. The van der Waals surface area contributed by atoms with Crippen LogP contribution in [0.15, 0.2) is 11.8 Å². The second kappa shape index (κ2) is 5.33. The fourth-order valence-electron chi connectivity index (χ4n) is 7.04. The molecule has 7 atom stereocenters. The van der Waals surface area contributed by atoms with Crippen molar-refractivity contribution in [1.29, 1.82) is 0 Å². The van der Waals surface area contributed by atoms with Gasteiger partial charge < -0.3 is 9.64 Å². The molecule has 1 heterocycles. The van der Waals surface area contributed by atoms with E-state index in [4.69, 9.17) is 4.74 Å². The van der Waals surface area contributed by atoms with Gasteiger partial charge in [-0.1, -0.05) is 13.8 Å². The molecule has 0 spiro atoms. The molecule has 0 N–H and O–H groups in total. The summed E-state index contributed by atoms with van der Waals surface area (Å²) in [6.45, 7) is 7.34. The number of hydrogen-bond donors (Lipinski definition) is 0. The zero-order chi connectivity index (χ0) is 17.3. The van der Waals surface area contributed by atoms with Gasteiger partial charge in [0.2, 0.25) is 0 Å². The van der Waals surface area contributed by atoms with Crippen LogP contribution in [0, 0.1) is 28.6 Å². The highest BCUT2D eigenvalue weighted by atomic mass is 16.5. The molecule has 2 unspecified atom stereocenters. The van der Waals surface area contributed by atoms with Gasteiger partial charge in [-0.05, 0) is 62.2 Å². The third-order valence-corrected chi connectivity index (χ3v) is 8.53. The predicted molar refractivity (Wildman–Crippen MR) is 95.5 cm³/mol. The topological polar surface area (TPSA) is 29.5 Å². The zero-order valence-electron chi connectivity index (χ0n) is 16.0. The Morgan fingerprint density at radius 3 is 2.71 bits per heavy atom. The van der Waals surface area contributed by atoms with E-state index in [1.54, 1.807) is 0 Å². The van der Waals surface area contributed by atoms with Crippen molar-refractivity contribution in [3.05, 3.63) is 11.8 Å². The number of ketones is 1. The van der Waals surface area contributed by atoms with Gasteiger partial charge in [-0.2, -0.15) is 0 Å². The van der Waals surface area contributed by atoms with Crippen LogP contribution in [0.4, 0.5) is 0 Å². The summed E-state index contributed by atoms with van der Waals surface area (Å²) in [7, 11) is 4.10. The van der Waals surface area contributed by atoms with Crippen LogP contribution in [-0.4, -0.2) is 37.0 Å². The number of methoxy groups -OCH3 is 1. The van der Waals surface area contributed by atoms with Crippen molar-refractivity contribution in [2.24, 2.45) is 28.6 Å². The Kier molecular flexibility index (Phi) is 3.69. The van der Waals surface area contributed by atoms with Crippen LogP contribution in [0.3, 0.4) is 0 Å². The number of carbonyl (C=O) groups is 1. The lowest BCUT2D eigenvalue weighted by molar-refractivity contribution is -0.121. The first-order chi connectivity index (χ1) is 11.3. The number of nitrogens with zero attached hydrogens (tertiary/aromatic N) is 1. The summed E-state index contributed by atoms with van der Waals surface area (Å²) in [5.41, 5.74) is 1.95. The summed E-state index contributed by atoms with van der Waals surface area (Å²) >= 11 is 0. The van der Waals surface area contributed by atoms with Gasteiger partial charge in [0, 0.05) is 43.8 Å². The highest BCUT2D eigenvalue weighted by Gasteiger charge is 2.61. The zero-order valence-corrected chi connectivity index (χ0v) is 16.0. The fraction of sp³-hybridized carbons (Fsp3) is 0.857. The highest BCUT2D eigenvalue weighted by molar-refractivity contribution is 5.91. The van der Waals surface area contributed by atoms with Crippen LogP contribution >= 0.6 is 0 Å². The number of allylic oxidation sites excluding steroid dienone is 2. The van der Waals surface area contributed by atoms with E-state index in [2.05, 4.69) is 32.7 Å². The third-order valence-electron chi connectivity index (χ3n) is 8.53. The van der Waals surface area contributed by atoms with E-state index in [9.17, 15) is 4.79 Å². The first kappa shape index (κ1) is 16.6. The lowest BCUT2D eigenvalue weighted by atomic mass is 9.49. The van der Waals surface area contributed by atoms with Crippen LogP contribution in [0.25, 0.3) is 0 Å². The van der Waals surface area contributed by atoms with Gasteiger partial charge in [-0.15, -0.1) is 0 Å². The molecule has 4 aliphatic rings. The van der Waals surface area contributed by atoms with Crippen molar-refractivity contribution in [1.82, 2.24) is 4.90 Å². The van der Waals surface area contributed by atoms with E-state index in [-0.39, 0.29) is 5.41 Å². The summed E-state index contributed by atoms with van der Waals surface area (Å²) in [4.78, 5) is 14.5. The molecule has 3 heteroatoms. The van der Waals surface area contributed by atoms with Crippen LogP contribution in [0.5, 0.6) is 0 Å². The number of piperidine rings is 1. The Hall–Kier alpha value is -0.830. The number of rotatable bonds is 1. The third kappa shape index (κ3) is 2.09. The molecule has 1 saturated heterocycles. The Morgan fingerprint density at radius 1 is 1.25 bits per heavy atom. The molecule has 0 bridgehead atoms. The van der Waals surface area contributed by atoms with Crippen molar-refractivity contribution in [3.63, 3.8) is 0 Å². The van der Waals surface area contributed by atoms with E-state index in [1.807, 2.05) is 13.2 Å². The molecule has 3 nitrogen and oxygen atoms in total. The molecule has 24 heavy (non-hydrogen) atoms. The molecule has 3 fully saturated rings. The first-order valence-corrected chi connectivity index (χ1v) is 9.81. The minimum atomic E-state index is 0.187. The average Bonchev–Trinajstić information content (AvgIpc) is 2.90. The normalized spacial score (nSPS) is 50.9. The maximum absolute atomic E-state index is 12.1. The highest BCUT2D eigenvalue weighted by Crippen LogP contribution is 2.65. The van der Waals surface area contributed by atoms with Crippen molar-refractivity contribution >= 4 is 5.78 Å². The van der Waals surface area contributed by atoms with E-state index in [0.29, 0.717) is 23.3 Å². The number of ether oxygens (including phenoxy) is 1. The predicted octanol–water partition coefficient (Wildman–Crippen LogP) is 4.03. The molecule has 0 aromatic rings. The van der Waals surface area contributed by atoms with Gasteiger partial charge >= 0.3 is 0 Å². The van der Waals surface area contributed by atoms with Gasteiger partial charge in [0.25, 0.3) is 0 Å². The first-order valence-electron chi connectivity index (χ1n) is 9.81. The van der Waals surface area contributed by atoms with Gasteiger partial charge in [-0.25, -0.2) is 0 Å². The molecular weight excluding hydrogens is 298 g/mol. The molecular formula is C21H33NO2. The van der Waals surface area contributed by atoms with Crippen LogP contribution in [-0.2, 0) is 9.53 Å². The molecule has 2 saturated carbocycles. The Labute approximate surface area is 146 Å². The number of carbonyl (C=O) groups excluding carboxylic acids is 1. The van der Waals surface area contributed by atoms with Crippen LogP contribution in [0.2, 0.25) is 0 Å². The molecule has 4 rings (SSSR count). The number of likely N-dealkylation sites (tertiary alicyclic amines) is 1. The minimum absolute atomic E-state index is 0.187. The van der Waals surface area contributed by atoms with Crippen molar-refractivity contribution in [2.45, 2.75) is 71.4 Å². The molecule has 0 amide bonds. The monoisotopic (exact) mass is 331 g/mol. The van der Waals surface area contributed by atoms with Crippen molar-refractivity contribution in [3.8, 4) is 0 Å². The Bertz CT molecular complexity index is 584. The van der Waals surface area contributed by atoms with Crippen LogP contribution in [0.1, 0.15) is 59.3 Å². The van der Waals surface area contributed by atoms with Crippen LogP contribution < -0.4 is 0 Å². The molecule has 3 aliphatic carbocycles. The SMILES string of the molecule is COC1C[C@H]2[C@@H]3C(C)N(C)C4=CC(=O)CC[C@]4(C)[C@@H]3CC[C@]2(C)C1. The van der Waals surface area contributed by atoms with Gasteiger partial charge in [-0.3, -0.25) is 4.79 Å². The maximum Gasteiger partial charge on any atom is 0.157 e. The van der Waals surface area contributed by atoms with Crippen molar-refractivity contribution in [2.75, 3.05) is 14.2 Å². The van der Waals surface area contributed by atoms with Crippen molar-refractivity contribution < 1.29 is 9.53 Å². The summed E-state index contributed by atoms with van der Waals surface area (Å²) in [5, 5.41) is 0. The van der Waals surface area contributed by atoms with Gasteiger partial charge in [0.15, 0.2) is 5.78 Å². The lowest BCUT2D eigenvalue weighted by Gasteiger charge is -2.62. The summed E-state index contributed by atoms with van der Waals surface area (Å²) < 4.78 is 5.79. The van der Waals surface area contributed by atoms with E-state index in [1.165, 1.54) is 31.4 Å². The van der Waals surface area contributed by atoms with E-state index < -0.39 is 0 Å². The second-order valence-corrected chi connectivity index (χ2v) is 9.55. The second-order valence-electron chi connectivity index (χ2n) is 9.55. The Morgan fingerprint density at radius 2 is 2.00 bits per heavy atom. The fourth-order valence-corrected chi connectivity index (χ4v) is 7.04. The number of hydrogen-bond acceptors (Lipinski definition) is 3. The van der Waals surface area contributed by atoms with E-state index in [0.717, 1.165) is 30.6 Å². The van der Waals surface area contributed by atoms with Gasteiger partial charge in [0.05, 0.1) is 6.10 Å². The summed E-state index contributed by atoms with van der Waals surface area (Å²) in [6, 6.07) is 0.514. The Balaban J connectivity index is 1.75. The lowest BCUT2D eigenvalue weighted by Crippen LogP contribution is -2.60. The average molecular weight is 332 g/mol. The number of fused-ring (bicyclic) bond motifs is 5. The van der Waals surface area contributed by atoms with Gasteiger partial charge in [0.1, 0.15) is 0 Å². The maximum atomic E-state index is 12.1. The standard InChI is InChI=1S/C21H33NO2/c1-13-19-16(7-8-20(2)12-15(24-5)11-17(19)20)21(3)9-6-14(23)10-18(21)22(13)4/h10,13,15-17,19H,6-9,11-12H2,1-5H3/t13?,15?,16-,17+,19-,20-,21-/m1/s1. The molecule has 0 aromatic carbocycles. The van der Waals surface area contributed by atoms with E-state index >= 15 is 0 Å². The molecule has 134 valence electrons. The molecule has 1 aliphatic heterocycles. The summed E-state index contributed by atoms with van der Waals surface area (Å²) in [6.07, 6.45) is 9.26. The largest absolute Gasteiger partial charge is 0.381 e. The quantitative estimate of drug-likeness (QED) is 0.726. The smallest absolute Gasteiger partial charge is 0.157 e. The molecule has 0 radical (unpaired) electrons. The summed E-state index contributed by atoms with van der Waals surface area (Å²) in [5.74, 6) is 2.52.